The van der Waals surface area contributed by atoms with E-state index in [4.69, 9.17) is 5.11 Å². The smallest absolute Gasteiger partial charge is 0.311 e. The maximum absolute atomic E-state index is 11.6. The number of para-hydroxylation sites is 1. The van der Waals surface area contributed by atoms with E-state index in [0.29, 0.717) is 5.56 Å². The van der Waals surface area contributed by atoms with Gasteiger partial charge in [0.2, 0.25) is 0 Å². The van der Waals surface area contributed by atoms with Gasteiger partial charge in [-0.2, -0.15) is 0 Å². The summed E-state index contributed by atoms with van der Waals surface area (Å²) in [4.78, 5) is 23.8. The van der Waals surface area contributed by atoms with Gasteiger partial charge in [-0.3, -0.25) is 9.59 Å². The highest BCUT2D eigenvalue weighted by atomic mass is 16.4. The van der Waals surface area contributed by atoms with Gasteiger partial charge in [-0.25, -0.2) is 0 Å². The Kier molecular flexibility index (Phi) is 3.44. The number of aliphatic carboxylic acids is 1. The summed E-state index contributed by atoms with van der Waals surface area (Å²) in [7, 11) is 3.62. The number of anilines is 1. The number of carbonyl (C=O) groups excluding carboxylic acids is 1. The van der Waals surface area contributed by atoms with E-state index in [1.54, 1.807) is 23.1 Å². The number of benzene rings is 1. The Morgan fingerprint density at radius 1 is 1.27 bits per heavy atom. The molecule has 0 heterocycles. The summed E-state index contributed by atoms with van der Waals surface area (Å²) in [6.45, 7) is 0. The Balaban J connectivity index is 3.02. The summed E-state index contributed by atoms with van der Waals surface area (Å²) in [5, 5.41) is 8.54. The lowest BCUT2D eigenvalue weighted by molar-refractivity contribution is -0.135. The maximum Gasteiger partial charge on any atom is 0.311 e. The minimum absolute atomic E-state index is 0.369. The minimum Gasteiger partial charge on any atom is -0.481 e. The normalized spacial score (nSPS) is 9.73. The highest BCUT2D eigenvalue weighted by molar-refractivity contribution is 6.08. The Bertz CT molecular complexity index is 385. The van der Waals surface area contributed by atoms with E-state index in [-0.39, 0.29) is 5.78 Å². The average molecular weight is 207 g/mol. The lowest BCUT2D eigenvalue weighted by Gasteiger charge is -2.15. The molecule has 0 amide bonds. The van der Waals surface area contributed by atoms with Gasteiger partial charge in [0.25, 0.3) is 0 Å². The molecule has 80 valence electrons. The number of hydrogen-bond acceptors (Lipinski definition) is 3. The number of carbonyl (C=O) groups is 2. The van der Waals surface area contributed by atoms with E-state index in [2.05, 4.69) is 0 Å². The fourth-order valence-electron chi connectivity index (χ4n) is 1.33. The highest BCUT2D eigenvalue weighted by Gasteiger charge is 2.14. The molecule has 1 aromatic carbocycles. The molecular formula is C11H13NO3. The van der Waals surface area contributed by atoms with Gasteiger partial charge in [-0.1, -0.05) is 12.1 Å². The van der Waals surface area contributed by atoms with Crippen LogP contribution in [0.1, 0.15) is 16.8 Å². The second kappa shape index (κ2) is 4.59. The molecule has 0 aliphatic heterocycles. The van der Waals surface area contributed by atoms with Crippen molar-refractivity contribution in [3.8, 4) is 0 Å². The molecule has 0 aromatic heterocycles. The Morgan fingerprint density at radius 3 is 2.40 bits per heavy atom. The van der Waals surface area contributed by atoms with E-state index in [9.17, 15) is 9.59 Å². The molecule has 4 heteroatoms. The first-order chi connectivity index (χ1) is 7.02. The molecule has 15 heavy (non-hydrogen) atoms. The quantitative estimate of drug-likeness (QED) is 0.599. The lowest BCUT2D eigenvalue weighted by atomic mass is 10.1. The van der Waals surface area contributed by atoms with Gasteiger partial charge < -0.3 is 10.0 Å². The molecule has 0 atom stereocenters. The van der Waals surface area contributed by atoms with E-state index < -0.39 is 12.4 Å². The number of ketones is 1. The van der Waals surface area contributed by atoms with Crippen LogP contribution >= 0.6 is 0 Å². The SMILES string of the molecule is CN(C)c1ccccc1C(=O)CC(=O)O. The molecule has 0 bridgehead atoms. The zero-order valence-corrected chi connectivity index (χ0v) is 8.73. The largest absolute Gasteiger partial charge is 0.481 e. The van der Waals surface area contributed by atoms with Crippen molar-refractivity contribution in [3.05, 3.63) is 29.8 Å². The van der Waals surface area contributed by atoms with Gasteiger partial charge >= 0.3 is 5.97 Å². The third kappa shape index (κ3) is 2.80. The first kappa shape index (κ1) is 11.2. The summed E-state index contributed by atoms with van der Waals surface area (Å²) in [5.74, 6) is -1.47. The number of carboxylic acids is 1. The zero-order valence-electron chi connectivity index (χ0n) is 8.73. The average Bonchev–Trinajstić information content (AvgIpc) is 2.16. The predicted octanol–water partition coefficient (Wildman–Crippen LogP) is 1.41. The van der Waals surface area contributed by atoms with Crippen LogP contribution in [-0.4, -0.2) is 31.0 Å². The molecule has 0 saturated heterocycles. The molecule has 0 aliphatic carbocycles. The molecule has 0 saturated carbocycles. The fraction of sp³-hybridized carbons (Fsp3) is 0.273. The monoisotopic (exact) mass is 207 g/mol. The summed E-state index contributed by atoms with van der Waals surface area (Å²) in [5.41, 5.74) is 1.19. The Morgan fingerprint density at radius 2 is 1.87 bits per heavy atom. The van der Waals surface area contributed by atoms with Crippen LogP contribution in [0.25, 0.3) is 0 Å². The lowest BCUT2D eigenvalue weighted by Crippen LogP contribution is -2.15. The van der Waals surface area contributed by atoms with Crippen LogP contribution in [0.2, 0.25) is 0 Å². The molecule has 1 rings (SSSR count). The van der Waals surface area contributed by atoms with Crippen molar-refractivity contribution < 1.29 is 14.7 Å². The molecule has 0 spiro atoms. The second-order valence-electron chi connectivity index (χ2n) is 3.41. The third-order valence-corrected chi connectivity index (χ3v) is 2.00. The van der Waals surface area contributed by atoms with Crippen LogP contribution in [-0.2, 0) is 4.79 Å². The van der Waals surface area contributed by atoms with Crippen LogP contribution in [0.3, 0.4) is 0 Å². The summed E-state index contributed by atoms with van der Waals surface area (Å²) in [6, 6.07) is 6.96. The van der Waals surface area contributed by atoms with E-state index in [1.165, 1.54) is 0 Å². The van der Waals surface area contributed by atoms with Gasteiger partial charge in [0.15, 0.2) is 5.78 Å². The number of carboxylic acid groups (broad SMARTS) is 1. The topological polar surface area (TPSA) is 57.6 Å². The van der Waals surface area contributed by atoms with E-state index >= 15 is 0 Å². The van der Waals surface area contributed by atoms with Gasteiger partial charge in [-0.05, 0) is 12.1 Å². The number of nitrogens with zero attached hydrogens (tertiary/aromatic N) is 1. The van der Waals surface area contributed by atoms with Crippen LogP contribution in [0.5, 0.6) is 0 Å². The predicted molar refractivity (Wildman–Crippen MR) is 57.4 cm³/mol. The summed E-state index contributed by atoms with van der Waals surface area (Å²) in [6.07, 6.45) is -0.467. The molecule has 0 unspecified atom stereocenters. The third-order valence-electron chi connectivity index (χ3n) is 2.00. The van der Waals surface area contributed by atoms with Crippen molar-refractivity contribution in [2.75, 3.05) is 19.0 Å². The van der Waals surface area contributed by atoms with Crippen LogP contribution in [0.4, 0.5) is 5.69 Å². The Hall–Kier alpha value is -1.84. The molecule has 1 N–H and O–H groups in total. The first-order valence-corrected chi connectivity index (χ1v) is 4.53. The maximum atomic E-state index is 11.6. The first-order valence-electron chi connectivity index (χ1n) is 4.53. The number of Topliss-reactive ketones (excluding diaryl/α,β-unsaturated/α-hetero) is 1. The van der Waals surface area contributed by atoms with Gasteiger partial charge in [-0.15, -0.1) is 0 Å². The molecule has 0 radical (unpaired) electrons. The second-order valence-corrected chi connectivity index (χ2v) is 3.41. The number of rotatable bonds is 4. The molecular weight excluding hydrogens is 194 g/mol. The van der Waals surface area contributed by atoms with Crippen molar-refractivity contribution in [2.45, 2.75) is 6.42 Å². The minimum atomic E-state index is -1.10. The molecule has 0 fully saturated rings. The molecule has 4 nitrogen and oxygen atoms in total. The van der Waals surface area contributed by atoms with Crippen molar-refractivity contribution in [2.24, 2.45) is 0 Å². The molecule has 1 aromatic rings. The summed E-state index contributed by atoms with van der Waals surface area (Å²) >= 11 is 0. The van der Waals surface area contributed by atoms with Crippen LogP contribution in [0.15, 0.2) is 24.3 Å². The zero-order chi connectivity index (χ0) is 11.4. The van der Waals surface area contributed by atoms with Gasteiger partial charge in [0, 0.05) is 25.3 Å². The summed E-state index contributed by atoms with van der Waals surface area (Å²) < 4.78 is 0. The van der Waals surface area contributed by atoms with Crippen LogP contribution < -0.4 is 4.90 Å². The van der Waals surface area contributed by atoms with Crippen LogP contribution in [0, 0.1) is 0 Å². The number of hydrogen-bond donors (Lipinski definition) is 1. The van der Waals surface area contributed by atoms with E-state index in [1.807, 2.05) is 20.2 Å². The Labute approximate surface area is 88.1 Å². The fourth-order valence-corrected chi connectivity index (χ4v) is 1.33. The van der Waals surface area contributed by atoms with E-state index in [0.717, 1.165) is 5.69 Å². The van der Waals surface area contributed by atoms with Crippen molar-refractivity contribution >= 4 is 17.4 Å². The van der Waals surface area contributed by atoms with Crippen molar-refractivity contribution in [1.82, 2.24) is 0 Å². The highest BCUT2D eigenvalue weighted by Crippen LogP contribution is 2.19. The van der Waals surface area contributed by atoms with Gasteiger partial charge in [0.1, 0.15) is 6.42 Å². The molecule has 0 aliphatic rings. The van der Waals surface area contributed by atoms with Crippen molar-refractivity contribution in [1.29, 1.82) is 0 Å². The van der Waals surface area contributed by atoms with Gasteiger partial charge in [0.05, 0.1) is 0 Å². The standard InChI is InChI=1S/C11H13NO3/c1-12(2)9-6-4-3-5-8(9)10(13)7-11(14)15/h3-6H,7H2,1-2H3,(H,14,15). The van der Waals surface area contributed by atoms with Crippen molar-refractivity contribution in [3.63, 3.8) is 0 Å².